The molecule has 16 nitrogen and oxygen atoms in total. The number of para-hydroxylation sites is 2. The summed E-state index contributed by atoms with van der Waals surface area (Å²) in [5.41, 5.74) is 1.37. The number of pyridine rings is 4. The summed E-state index contributed by atoms with van der Waals surface area (Å²) in [6.45, 7) is 15.4. The summed E-state index contributed by atoms with van der Waals surface area (Å²) >= 11 is 0. The number of aromatic nitrogens is 4. The number of hydrogen-bond acceptors (Lipinski definition) is 13. The molecule has 84 heavy (non-hydrogen) atoms. The number of amides is 1. The largest absolute Gasteiger partial charge is 0.507 e. The minimum Gasteiger partial charge on any atom is -0.507 e. The van der Waals surface area contributed by atoms with Crippen molar-refractivity contribution in [1.82, 2.24) is 24.0 Å². The van der Waals surface area contributed by atoms with Crippen molar-refractivity contribution in [2.24, 2.45) is 0 Å². The summed E-state index contributed by atoms with van der Waals surface area (Å²) in [5.74, 6) is -3.23. The van der Waals surface area contributed by atoms with Gasteiger partial charge in [-0.25, -0.2) is 32.3 Å². The van der Waals surface area contributed by atoms with Crippen LogP contribution in [0.5, 0.6) is 23.0 Å². The number of anilines is 2. The molecule has 12 rings (SSSR count). The molecule has 0 aliphatic carbocycles. The number of fused-ring (bicyclic) bond motifs is 10. The van der Waals surface area contributed by atoms with E-state index in [4.69, 9.17) is 28.7 Å². The van der Waals surface area contributed by atoms with E-state index in [-0.39, 0.29) is 94.9 Å². The maximum absolute atomic E-state index is 16.3. The van der Waals surface area contributed by atoms with Crippen molar-refractivity contribution in [2.75, 3.05) is 63.1 Å². The van der Waals surface area contributed by atoms with Gasteiger partial charge < -0.3 is 43.5 Å². The number of halogens is 4. The Morgan fingerprint density at radius 2 is 1.19 bits per heavy atom. The first-order valence-electron chi connectivity index (χ1n) is 28.2. The highest BCUT2D eigenvalue weighted by Crippen LogP contribution is 2.45. The van der Waals surface area contributed by atoms with Crippen LogP contribution in [0, 0.1) is 23.3 Å². The molecule has 0 saturated carbocycles. The number of hydrogen-bond donors (Lipinski definition) is 1. The minimum atomic E-state index is -0.816. The zero-order chi connectivity index (χ0) is 59.5. The topological polar surface area (TPSA) is 163 Å². The summed E-state index contributed by atoms with van der Waals surface area (Å²) in [6.07, 6.45) is 2.48. The molecule has 8 heterocycles. The van der Waals surface area contributed by atoms with E-state index in [0.29, 0.717) is 53.2 Å². The molecule has 0 bridgehead atoms. The Morgan fingerprint density at radius 1 is 0.667 bits per heavy atom. The van der Waals surface area contributed by atoms with E-state index in [1.54, 1.807) is 31.7 Å². The number of piperazine rings is 1. The maximum Gasteiger partial charge on any atom is 0.410 e. The number of carbonyl (C=O) groups is 1. The minimum absolute atomic E-state index is 0.0240. The third-order valence-electron chi connectivity index (χ3n) is 15.6. The zero-order valence-corrected chi connectivity index (χ0v) is 48.0. The number of carbonyl (C=O) groups excluding carboxylic acids is 1. The standard InChI is InChI=1S/C35H38F2N4O6.C29H27F2N3O3/c1-20(2)22-10-7-8-12-26(22)41-32-23(16-25(37)29(38-32)28-24(36)11-9-13-27(28)46-19-44-6)30-31(33(41)42)45-18-21-17-39(14-15-40(21)30)34(43)47-35(3,4)5;1-16(2)18-9-3-4-11-22(18)34-28-19(14-21(31)25(32-28)24-20(30)10-7-12-23(24)35)26-27(29(34)36)37-15-17-8-5-6-13-33(17)26/h7-13,16,20-21H,14-15,17-19H2,1-6H3;3-4,7,9-12,14,16-17,35H,5-6,8,13,15H2,1-2H3/t21-;17-/m11/s1. The number of piperidine rings is 1. The van der Waals surface area contributed by atoms with E-state index < -0.39 is 51.8 Å². The molecule has 4 aromatic carbocycles. The van der Waals surface area contributed by atoms with Crippen LogP contribution in [0.3, 0.4) is 0 Å². The number of aromatic hydroxyl groups is 1. The average molecular weight is 1150 g/mol. The average Bonchev–Trinajstić information content (AvgIpc) is 1.15. The molecule has 1 N–H and O–H groups in total. The fraction of sp³-hybridized carbons (Fsp3) is 0.359. The number of benzene rings is 4. The summed E-state index contributed by atoms with van der Waals surface area (Å²) in [6, 6.07) is 25.1. The third-order valence-corrected chi connectivity index (χ3v) is 15.6. The molecule has 0 unspecified atom stereocenters. The van der Waals surface area contributed by atoms with Crippen molar-refractivity contribution in [3.8, 4) is 56.9 Å². The summed E-state index contributed by atoms with van der Waals surface area (Å²) in [5, 5.41) is 11.1. The molecule has 438 valence electrons. The lowest BCUT2D eigenvalue weighted by atomic mass is 9.98. The number of methoxy groups -OCH3 is 1. The number of phenols is 1. The second-order valence-electron chi connectivity index (χ2n) is 23.0. The molecule has 2 saturated heterocycles. The molecule has 0 radical (unpaired) electrons. The highest BCUT2D eigenvalue weighted by molar-refractivity contribution is 5.98. The predicted molar refractivity (Wildman–Crippen MR) is 313 cm³/mol. The molecule has 4 aliphatic heterocycles. The lowest BCUT2D eigenvalue weighted by Crippen LogP contribution is -2.59. The van der Waals surface area contributed by atoms with Crippen LogP contribution in [0.25, 0.3) is 56.0 Å². The SMILES string of the molecule is CC(C)c1ccccc1-n1c(=O)c2c(c3cc(F)c(-c4c(O)cccc4F)nc31)N1CCCC[C@@H]1CO2.COCOc1cccc(F)c1-c1nc2c(cc1F)c1c(c(=O)n2-c2ccccc2C(C)C)OC[C@H]2CN(C(=O)OC(C)(C)C)CCN12. The van der Waals surface area contributed by atoms with Gasteiger partial charge in [-0.1, -0.05) is 76.2 Å². The third kappa shape index (κ3) is 10.4. The molecule has 4 aromatic heterocycles. The molecular formula is C64H65F4N7O9. The van der Waals surface area contributed by atoms with Gasteiger partial charge in [-0.3, -0.25) is 18.7 Å². The van der Waals surface area contributed by atoms with Crippen molar-refractivity contribution < 1.29 is 51.1 Å². The van der Waals surface area contributed by atoms with Crippen molar-refractivity contribution >= 4 is 39.5 Å². The van der Waals surface area contributed by atoms with E-state index in [2.05, 4.69) is 9.88 Å². The fourth-order valence-electron chi connectivity index (χ4n) is 11.8. The lowest BCUT2D eigenvalue weighted by Gasteiger charge is -2.45. The van der Waals surface area contributed by atoms with E-state index in [9.17, 15) is 23.9 Å². The summed E-state index contributed by atoms with van der Waals surface area (Å²) in [7, 11) is 1.42. The van der Waals surface area contributed by atoms with E-state index in [1.807, 2.05) is 75.1 Å². The van der Waals surface area contributed by atoms with Gasteiger partial charge in [0.2, 0.25) is 11.5 Å². The first-order valence-corrected chi connectivity index (χ1v) is 28.2. The Balaban J connectivity index is 0.000000180. The van der Waals surface area contributed by atoms with Gasteiger partial charge in [0, 0.05) is 44.1 Å². The van der Waals surface area contributed by atoms with Gasteiger partial charge in [0.15, 0.2) is 29.7 Å². The van der Waals surface area contributed by atoms with Crippen LogP contribution >= 0.6 is 0 Å². The van der Waals surface area contributed by atoms with Gasteiger partial charge in [-0.15, -0.1) is 0 Å². The number of nitrogens with zero attached hydrogens (tertiary/aromatic N) is 7. The number of phenolic OH excluding ortho intramolecular Hbond substituents is 1. The quantitative estimate of drug-likeness (QED) is 0.107. The van der Waals surface area contributed by atoms with Gasteiger partial charge in [0.1, 0.15) is 53.3 Å². The van der Waals surface area contributed by atoms with Gasteiger partial charge in [0.05, 0.1) is 46.0 Å². The first-order chi connectivity index (χ1) is 40.3. The maximum atomic E-state index is 16.3. The molecular weight excluding hydrogens is 1090 g/mol. The zero-order valence-electron chi connectivity index (χ0n) is 48.0. The monoisotopic (exact) mass is 1150 g/mol. The normalized spacial score (nSPS) is 16.5. The van der Waals surface area contributed by atoms with E-state index >= 15 is 13.2 Å². The predicted octanol–water partition coefficient (Wildman–Crippen LogP) is 12.2. The number of rotatable bonds is 9. The second-order valence-corrected chi connectivity index (χ2v) is 23.0. The van der Waals surface area contributed by atoms with Crippen LogP contribution in [-0.2, 0) is 9.47 Å². The van der Waals surface area contributed by atoms with E-state index in [1.165, 1.54) is 58.7 Å². The molecule has 4 aliphatic rings. The molecule has 8 aromatic rings. The van der Waals surface area contributed by atoms with Gasteiger partial charge in [-0.2, -0.15) is 0 Å². The van der Waals surface area contributed by atoms with Crippen molar-refractivity contribution in [2.45, 2.75) is 97.2 Å². The number of ether oxygens (including phenoxy) is 5. The van der Waals surface area contributed by atoms with Crippen LogP contribution in [0.4, 0.5) is 33.7 Å². The second kappa shape index (κ2) is 22.8. The smallest absolute Gasteiger partial charge is 0.410 e. The highest BCUT2D eigenvalue weighted by atomic mass is 19.1. The molecule has 20 heteroatoms. The van der Waals surface area contributed by atoms with Crippen LogP contribution in [-0.4, -0.2) is 106 Å². The first kappa shape index (κ1) is 57.2. The van der Waals surface area contributed by atoms with Crippen LogP contribution in [0.2, 0.25) is 0 Å². The van der Waals surface area contributed by atoms with Crippen molar-refractivity contribution in [3.05, 3.63) is 152 Å². The van der Waals surface area contributed by atoms with Crippen LogP contribution in [0.15, 0.2) is 107 Å². The van der Waals surface area contributed by atoms with Crippen molar-refractivity contribution in [3.63, 3.8) is 0 Å². The van der Waals surface area contributed by atoms with E-state index in [0.717, 1.165) is 43.0 Å². The molecule has 0 spiro atoms. The fourth-order valence-corrected chi connectivity index (χ4v) is 11.8. The molecule has 2 fully saturated rings. The molecule has 1 amide bonds. The Morgan fingerprint density at radius 3 is 1.74 bits per heavy atom. The van der Waals surface area contributed by atoms with Gasteiger partial charge in [-0.05, 0) is 112 Å². The van der Waals surface area contributed by atoms with Gasteiger partial charge >= 0.3 is 17.2 Å². The molecule has 2 atom stereocenters. The Bertz CT molecular complexity index is 3990. The Labute approximate surface area is 482 Å². The van der Waals surface area contributed by atoms with Crippen molar-refractivity contribution in [1.29, 1.82) is 0 Å². The van der Waals surface area contributed by atoms with Crippen LogP contribution < -0.4 is 35.1 Å². The lowest BCUT2D eigenvalue weighted by molar-refractivity contribution is 0.0194. The highest BCUT2D eigenvalue weighted by Gasteiger charge is 2.41. The Kier molecular flexibility index (Phi) is 15.5. The summed E-state index contributed by atoms with van der Waals surface area (Å²) in [4.78, 5) is 56.5. The Hall–Kier alpha value is -8.65. The van der Waals surface area contributed by atoms with Gasteiger partial charge in [0.25, 0.3) is 0 Å². The van der Waals surface area contributed by atoms with Crippen LogP contribution in [0.1, 0.15) is 90.7 Å². The summed E-state index contributed by atoms with van der Waals surface area (Å²) < 4.78 is 93.6.